The van der Waals surface area contributed by atoms with Gasteiger partial charge >= 0.3 is 0 Å². The van der Waals surface area contributed by atoms with E-state index in [2.05, 4.69) is 0 Å². The number of carbonyl (C=O) groups is 1. The fourth-order valence-electron chi connectivity index (χ4n) is 3.68. The molecule has 4 rings (SSSR count). The summed E-state index contributed by atoms with van der Waals surface area (Å²) in [5.74, 6) is 1.24. The van der Waals surface area contributed by atoms with Crippen LogP contribution in [-0.4, -0.2) is 29.2 Å². The van der Waals surface area contributed by atoms with Crippen LogP contribution in [0.3, 0.4) is 0 Å². The van der Waals surface area contributed by atoms with Crippen molar-refractivity contribution in [2.75, 3.05) is 7.11 Å². The molecule has 1 saturated heterocycles. The van der Waals surface area contributed by atoms with E-state index in [1.165, 1.54) is 11.8 Å². The zero-order chi connectivity index (χ0) is 24.1. The third-order valence-corrected chi connectivity index (χ3v) is 6.32. The summed E-state index contributed by atoms with van der Waals surface area (Å²) in [5, 5.41) is 0.658. The van der Waals surface area contributed by atoms with Crippen molar-refractivity contribution in [2.24, 2.45) is 4.99 Å². The standard InChI is InChI=1S/C28H28N2O3S/c1-19(2)33-24-16-15-21(17-25(24)32-4)18-26-27(31)30(20(3)22-11-7-5-8-12-22)28(34-26)29-23-13-9-6-10-14-23/h5-20H,1-4H3/b26-18+,29-28?/t20-/m0/s1. The number of para-hydroxylation sites is 1. The number of methoxy groups -OCH3 is 1. The van der Waals surface area contributed by atoms with Crippen LogP contribution in [0.5, 0.6) is 11.5 Å². The molecule has 1 heterocycles. The van der Waals surface area contributed by atoms with Crippen molar-refractivity contribution in [1.29, 1.82) is 0 Å². The predicted octanol–water partition coefficient (Wildman–Crippen LogP) is 6.85. The smallest absolute Gasteiger partial charge is 0.267 e. The zero-order valence-corrected chi connectivity index (χ0v) is 20.6. The summed E-state index contributed by atoms with van der Waals surface area (Å²) in [6, 6.07) is 25.2. The van der Waals surface area contributed by atoms with Crippen molar-refractivity contribution < 1.29 is 14.3 Å². The summed E-state index contributed by atoms with van der Waals surface area (Å²) in [7, 11) is 1.61. The Hall–Kier alpha value is -3.51. The van der Waals surface area contributed by atoms with Crippen molar-refractivity contribution in [1.82, 2.24) is 4.90 Å². The normalized spacial score (nSPS) is 17.0. The highest BCUT2D eigenvalue weighted by Gasteiger charge is 2.37. The van der Waals surface area contributed by atoms with E-state index in [0.717, 1.165) is 16.8 Å². The Kier molecular flexibility index (Phi) is 7.38. The molecule has 5 nitrogen and oxygen atoms in total. The molecule has 1 atom stereocenters. The van der Waals surface area contributed by atoms with Gasteiger partial charge in [0.1, 0.15) is 0 Å². The molecule has 3 aromatic rings. The summed E-state index contributed by atoms with van der Waals surface area (Å²) in [5.41, 5.74) is 2.72. The Labute approximate surface area is 205 Å². The highest BCUT2D eigenvalue weighted by Crippen LogP contribution is 2.40. The highest BCUT2D eigenvalue weighted by molar-refractivity contribution is 8.18. The zero-order valence-electron chi connectivity index (χ0n) is 19.8. The molecule has 1 fully saturated rings. The molecule has 1 aliphatic heterocycles. The van der Waals surface area contributed by atoms with Crippen molar-refractivity contribution in [2.45, 2.75) is 32.9 Å². The van der Waals surface area contributed by atoms with Gasteiger partial charge in [0.2, 0.25) is 0 Å². The van der Waals surface area contributed by atoms with Gasteiger partial charge < -0.3 is 9.47 Å². The summed E-state index contributed by atoms with van der Waals surface area (Å²) in [6.45, 7) is 5.97. The molecule has 174 valence electrons. The average Bonchev–Trinajstić information content (AvgIpc) is 3.14. The predicted molar refractivity (Wildman–Crippen MR) is 140 cm³/mol. The number of benzene rings is 3. The van der Waals surface area contributed by atoms with Gasteiger partial charge in [-0.3, -0.25) is 9.69 Å². The molecule has 1 amide bonds. The van der Waals surface area contributed by atoms with Crippen LogP contribution in [0.2, 0.25) is 0 Å². The van der Waals surface area contributed by atoms with E-state index < -0.39 is 0 Å². The summed E-state index contributed by atoms with van der Waals surface area (Å²) >= 11 is 1.38. The number of amidine groups is 1. The fraction of sp³-hybridized carbons (Fsp3) is 0.214. The Morgan fingerprint density at radius 1 is 0.912 bits per heavy atom. The van der Waals surface area contributed by atoms with Crippen LogP contribution in [0.25, 0.3) is 6.08 Å². The second-order valence-corrected chi connectivity index (χ2v) is 9.19. The lowest BCUT2D eigenvalue weighted by atomic mass is 10.1. The van der Waals surface area contributed by atoms with E-state index in [1.807, 2.05) is 106 Å². The molecule has 0 aliphatic carbocycles. The monoisotopic (exact) mass is 472 g/mol. The first-order valence-electron chi connectivity index (χ1n) is 11.2. The number of amides is 1. The molecule has 6 heteroatoms. The first kappa shape index (κ1) is 23.6. The molecular formula is C28H28N2O3S. The molecule has 3 aromatic carbocycles. The lowest BCUT2D eigenvalue weighted by Gasteiger charge is -2.24. The number of thioether (sulfide) groups is 1. The van der Waals surface area contributed by atoms with Crippen molar-refractivity contribution in [3.05, 3.63) is 94.9 Å². The first-order valence-corrected chi connectivity index (χ1v) is 12.0. The maximum atomic E-state index is 13.6. The number of rotatable bonds is 7. The first-order chi connectivity index (χ1) is 16.5. The molecule has 34 heavy (non-hydrogen) atoms. The van der Waals surface area contributed by atoms with Crippen molar-refractivity contribution >= 4 is 34.6 Å². The number of ether oxygens (including phenoxy) is 2. The van der Waals surface area contributed by atoms with Gasteiger partial charge in [-0.1, -0.05) is 54.6 Å². The van der Waals surface area contributed by atoms with Gasteiger partial charge in [0, 0.05) is 0 Å². The van der Waals surface area contributed by atoms with Gasteiger partial charge in [0.25, 0.3) is 5.91 Å². The fourth-order valence-corrected chi connectivity index (χ4v) is 4.74. The molecule has 0 unspecified atom stereocenters. The SMILES string of the molecule is COc1cc(/C=C2/SC(=Nc3ccccc3)N([C@@H](C)c3ccccc3)C2=O)ccc1OC(C)C. The van der Waals surface area contributed by atoms with Gasteiger partial charge in [-0.05, 0) is 74.0 Å². The van der Waals surface area contributed by atoms with Crippen LogP contribution in [-0.2, 0) is 4.79 Å². The van der Waals surface area contributed by atoms with E-state index in [9.17, 15) is 4.79 Å². The summed E-state index contributed by atoms with van der Waals surface area (Å²) in [4.78, 5) is 20.8. The van der Waals surface area contributed by atoms with Crippen molar-refractivity contribution in [3.8, 4) is 11.5 Å². The Morgan fingerprint density at radius 3 is 2.24 bits per heavy atom. The van der Waals surface area contributed by atoms with Crippen LogP contribution >= 0.6 is 11.8 Å². The van der Waals surface area contributed by atoms with E-state index in [1.54, 1.807) is 12.0 Å². The number of hydrogen-bond acceptors (Lipinski definition) is 5. The largest absolute Gasteiger partial charge is 0.493 e. The lowest BCUT2D eigenvalue weighted by molar-refractivity contribution is -0.123. The summed E-state index contributed by atoms with van der Waals surface area (Å²) in [6.07, 6.45) is 1.92. The minimum atomic E-state index is -0.161. The Morgan fingerprint density at radius 2 is 1.59 bits per heavy atom. The second-order valence-electron chi connectivity index (χ2n) is 8.18. The van der Waals surface area contributed by atoms with Gasteiger partial charge in [0.05, 0.1) is 29.8 Å². The minimum Gasteiger partial charge on any atom is -0.493 e. The van der Waals surface area contributed by atoms with Gasteiger partial charge in [-0.15, -0.1) is 0 Å². The molecule has 0 N–H and O–H groups in total. The number of carbonyl (C=O) groups excluding carboxylic acids is 1. The number of nitrogens with zero attached hydrogens (tertiary/aromatic N) is 2. The van der Waals surface area contributed by atoms with Crippen LogP contribution in [0.1, 0.15) is 37.9 Å². The lowest BCUT2D eigenvalue weighted by Crippen LogP contribution is -2.32. The van der Waals surface area contributed by atoms with E-state index in [0.29, 0.717) is 21.6 Å². The molecule has 0 saturated carbocycles. The van der Waals surface area contributed by atoms with Crippen LogP contribution in [0, 0.1) is 0 Å². The number of hydrogen-bond donors (Lipinski definition) is 0. The topological polar surface area (TPSA) is 51.1 Å². The molecular weight excluding hydrogens is 444 g/mol. The third-order valence-electron chi connectivity index (χ3n) is 5.34. The van der Waals surface area contributed by atoms with E-state index >= 15 is 0 Å². The highest BCUT2D eigenvalue weighted by atomic mass is 32.2. The van der Waals surface area contributed by atoms with E-state index in [4.69, 9.17) is 14.5 Å². The average molecular weight is 473 g/mol. The second kappa shape index (κ2) is 10.6. The Bertz CT molecular complexity index is 1210. The quantitative estimate of drug-likeness (QED) is 0.353. The van der Waals surface area contributed by atoms with Gasteiger partial charge in [-0.25, -0.2) is 4.99 Å². The molecule has 1 aliphatic rings. The molecule has 0 radical (unpaired) electrons. The van der Waals surface area contributed by atoms with Gasteiger partial charge in [-0.2, -0.15) is 0 Å². The summed E-state index contributed by atoms with van der Waals surface area (Å²) < 4.78 is 11.3. The van der Waals surface area contributed by atoms with E-state index in [-0.39, 0.29) is 18.1 Å². The molecule has 0 bridgehead atoms. The maximum absolute atomic E-state index is 13.6. The minimum absolute atomic E-state index is 0.0369. The number of aliphatic imine (C=N–C) groups is 1. The van der Waals surface area contributed by atoms with Crippen LogP contribution in [0.15, 0.2) is 88.8 Å². The third kappa shape index (κ3) is 5.34. The van der Waals surface area contributed by atoms with Crippen LogP contribution in [0.4, 0.5) is 5.69 Å². The van der Waals surface area contributed by atoms with Crippen molar-refractivity contribution in [3.63, 3.8) is 0 Å². The molecule has 0 aromatic heterocycles. The maximum Gasteiger partial charge on any atom is 0.267 e. The molecule has 0 spiro atoms. The Balaban J connectivity index is 1.71. The van der Waals surface area contributed by atoms with Gasteiger partial charge in [0.15, 0.2) is 16.7 Å². The van der Waals surface area contributed by atoms with Crippen LogP contribution < -0.4 is 9.47 Å².